The predicted octanol–water partition coefficient (Wildman–Crippen LogP) is 2.96. The number of hydrogen-bond donors (Lipinski definition) is 5. The van der Waals surface area contributed by atoms with Crippen LogP contribution in [0.2, 0.25) is 5.02 Å². The molecular weight excluding hydrogens is 648 g/mol. The van der Waals surface area contributed by atoms with E-state index in [9.17, 15) is 28.8 Å². The molecule has 5 rings (SSSR count). The molecule has 0 fully saturated rings. The number of aromatic nitrogens is 1. The monoisotopic (exact) mass is 690 g/mol. The summed E-state index contributed by atoms with van der Waals surface area (Å²) in [7, 11) is 0. The van der Waals surface area contributed by atoms with Crippen LogP contribution in [-0.4, -0.2) is 70.6 Å². The van der Waals surface area contributed by atoms with E-state index in [0.717, 1.165) is 11.1 Å². The summed E-state index contributed by atoms with van der Waals surface area (Å²) in [5.74, 6) is -2.23. The maximum Gasteiger partial charge on any atom is 0.266 e. The van der Waals surface area contributed by atoms with Crippen LogP contribution in [0.4, 0.5) is 0 Å². The van der Waals surface area contributed by atoms with Crippen LogP contribution in [0.15, 0.2) is 71.7 Å². The molecule has 2 bridgehead atoms. The van der Waals surface area contributed by atoms with E-state index in [1.165, 1.54) is 12.3 Å². The van der Waals surface area contributed by atoms with Crippen molar-refractivity contribution in [1.82, 2.24) is 31.2 Å². The minimum Gasteiger partial charge on any atom is -0.354 e. The van der Waals surface area contributed by atoms with Crippen LogP contribution >= 0.6 is 11.6 Å². The summed E-state index contributed by atoms with van der Waals surface area (Å²) in [6.45, 7) is 6.24. The van der Waals surface area contributed by atoms with Crippen LogP contribution in [0.1, 0.15) is 71.9 Å². The number of nitrogens with zero attached hydrogens (tertiary/aromatic N) is 1. The molecule has 13 heteroatoms. The third-order valence-corrected chi connectivity index (χ3v) is 8.41. The normalized spacial score (nSPS) is 20.1. The molecule has 0 unspecified atom stereocenters. The van der Waals surface area contributed by atoms with Crippen molar-refractivity contribution in [3.05, 3.63) is 104 Å². The molecule has 0 spiro atoms. The summed E-state index contributed by atoms with van der Waals surface area (Å²) >= 11 is 5.99. The van der Waals surface area contributed by atoms with Gasteiger partial charge in [-0.25, -0.2) is 0 Å². The Hall–Kier alpha value is -4.97. The maximum atomic E-state index is 13.7. The Morgan fingerprint density at radius 1 is 0.878 bits per heavy atom. The van der Waals surface area contributed by atoms with Gasteiger partial charge in [-0.2, -0.15) is 0 Å². The van der Waals surface area contributed by atoms with Crippen molar-refractivity contribution in [2.75, 3.05) is 13.1 Å². The fourth-order valence-corrected chi connectivity index (χ4v) is 5.62. The molecule has 12 nitrogen and oxygen atoms in total. The number of hydrogen-bond acceptors (Lipinski definition) is 6. The van der Waals surface area contributed by atoms with Crippen LogP contribution in [-0.2, 0) is 27.3 Å². The van der Waals surface area contributed by atoms with Gasteiger partial charge in [-0.3, -0.25) is 28.8 Å². The van der Waals surface area contributed by atoms with E-state index in [-0.39, 0.29) is 35.4 Å². The van der Waals surface area contributed by atoms with Gasteiger partial charge in [0, 0.05) is 37.8 Å². The van der Waals surface area contributed by atoms with E-state index in [4.69, 9.17) is 11.6 Å². The fraction of sp³-hybridized carbons (Fsp3) is 0.389. The Kier molecular flexibility index (Phi) is 13.1. The largest absolute Gasteiger partial charge is 0.354 e. The second kappa shape index (κ2) is 17.4. The van der Waals surface area contributed by atoms with Crippen LogP contribution in [0.25, 0.3) is 0 Å². The second-order valence-corrected chi connectivity index (χ2v) is 13.0. The average Bonchev–Trinajstić information content (AvgIpc) is 3.07. The van der Waals surface area contributed by atoms with Crippen molar-refractivity contribution in [2.45, 2.75) is 71.1 Å². The lowest BCUT2D eigenvalue weighted by Crippen LogP contribution is -2.57. The zero-order valence-electron chi connectivity index (χ0n) is 27.9. The minimum absolute atomic E-state index is 0.0444. The van der Waals surface area contributed by atoms with Crippen molar-refractivity contribution in [3.8, 4) is 0 Å². The molecule has 2 aliphatic rings. The smallest absolute Gasteiger partial charge is 0.266 e. The van der Waals surface area contributed by atoms with Gasteiger partial charge in [-0.1, -0.05) is 67.9 Å². The summed E-state index contributed by atoms with van der Waals surface area (Å²) in [6, 6.07) is 14.4. The van der Waals surface area contributed by atoms with Crippen LogP contribution < -0.4 is 26.8 Å². The summed E-state index contributed by atoms with van der Waals surface area (Å²) in [4.78, 5) is 82.8. The number of benzene rings is 2. The lowest BCUT2D eigenvalue weighted by Gasteiger charge is -2.25. The van der Waals surface area contributed by atoms with Gasteiger partial charge in [-0.15, -0.1) is 0 Å². The molecule has 5 N–H and O–H groups in total. The molecule has 0 radical (unpaired) electrons. The second-order valence-electron chi connectivity index (χ2n) is 12.6. The number of H-pyrrole nitrogens is 1. The number of carbonyl (C=O) groups excluding carboxylic acids is 5. The number of fused-ring (bicyclic) bond motifs is 18. The Bertz CT molecular complexity index is 1690. The molecule has 3 heterocycles. The van der Waals surface area contributed by atoms with Gasteiger partial charge in [0.15, 0.2) is 0 Å². The Labute approximate surface area is 290 Å². The summed E-state index contributed by atoms with van der Waals surface area (Å²) in [5.41, 5.74) is 1.57. The van der Waals surface area contributed by atoms with Gasteiger partial charge in [-0.05, 0) is 61.4 Å². The Morgan fingerprint density at radius 2 is 1.57 bits per heavy atom. The zero-order chi connectivity index (χ0) is 35.5. The quantitative estimate of drug-likeness (QED) is 0.258. The number of pyridine rings is 1. The summed E-state index contributed by atoms with van der Waals surface area (Å²) in [6.07, 6.45) is 2.89. The number of amides is 5. The number of nitrogens with one attached hydrogen (secondary N) is 5. The zero-order valence-corrected chi connectivity index (χ0v) is 28.6. The van der Waals surface area contributed by atoms with E-state index in [0.29, 0.717) is 37.9 Å². The Balaban J connectivity index is 1.63. The lowest BCUT2D eigenvalue weighted by atomic mass is 10.0. The number of carbonyl (C=O) groups is 5. The van der Waals surface area contributed by atoms with Crippen molar-refractivity contribution in [2.24, 2.45) is 5.92 Å². The van der Waals surface area contributed by atoms with Gasteiger partial charge >= 0.3 is 0 Å². The van der Waals surface area contributed by atoms with Crippen molar-refractivity contribution >= 4 is 41.1 Å². The third-order valence-electron chi connectivity index (χ3n) is 8.13. The van der Waals surface area contributed by atoms with Gasteiger partial charge in [0.1, 0.15) is 23.1 Å². The molecule has 2 aliphatic heterocycles. The molecule has 49 heavy (non-hydrogen) atoms. The van der Waals surface area contributed by atoms with E-state index < -0.39 is 47.3 Å². The first kappa shape index (κ1) is 36.9. The van der Waals surface area contributed by atoms with Crippen molar-refractivity contribution in [1.29, 1.82) is 0 Å². The molecule has 0 aliphatic carbocycles. The molecule has 5 amide bonds. The highest BCUT2D eigenvalue weighted by molar-refractivity contribution is 6.30. The average molecular weight is 691 g/mol. The summed E-state index contributed by atoms with van der Waals surface area (Å²) < 4.78 is 0. The predicted molar refractivity (Wildman–Crippen MR) is 186 cm³/mol. The van der Waals surface area contributed by atoms with Gasteiger partial charge in [0.25, 0.3) is 17.4 Å². The Morgan fingerprint density at radius 3 is 2.24 bits per heavy atom. The van der Waals surface area contributed by atoms with E-state index in [2.05, 4.69) is 26.3 Å². The first-order valence-corrected chi connectivity index (χ1v) is 16.8. The van der Waals surface area contributed by atoms with Crippen molar-refractivity contribution in [3.63, 3.8) is 0 Å². The molecular formula is C36H43ClN6O6. The highest BCUT2D eigenvalue weighted by atomic mass is 35.5. The minimum atomic E-state index is -1.01. The SMILES string of the molecule is CC(C)C[C@@H]1NC(=O)[C@@H](Cc2ccccc2)NC(=O)c2ccc(cc2)CN(C(=O)c2c[nH]c(=O)c(Cl)c2)CCCCNC(=O)[C@@H](C)NC1=O. The third kappa shape index (κ3) is 10.8. The molecule has 3 aromatic rings. The van der Waals surface area contributed by atoms with E-state index in [1.54, 1.807) is 36.1 Å². The van der Waals surface area contributed by atoms with Crippen LogP contribution in [0, 0.1) is 5.92 Å². The molecule has 0 saturated carbocycles. The maximum absolute atomic E-state index is 13.7. The number of rotatable bonds is 5. The van der Waals surface area contributed by atoms with Crippen LogP contribution in [0.5, 0.6) is 0 Å². The van der Waals surface area contributed by atoms with Crippen molar-refractivity contribution < 1.29 is 24.0 Å². The van der Waals surface area contributed by atoms with E-state index >= 15 is 0 Å². The van der Waals surface area contributed by atoms with Gasteiger partial charge in [0.2, 0.25) is 17.7 Å². The topological polar surface area (TPSA) is 170 Å². The highest BCUT2D eigenvalue weighted by Gasteiger charge is 2.29. The standard InChI is InChI=1S/C36H43ClN6O6/c1-22(2)17-29-34(47)40-23(3)31(44)38-15-7-8-16-43(36(49)27-19-28(37)33(46)39-20-27)21-25-11-13-26(14-12-25)32(45)41-30(35(48)42-29)18-24-9-5-4-6-10-24/h4-6,9-14,19-20,22-23,29-30H,7-8,15-18,21H2,1-3H3,(H,38,44)(H,39,46)(H,40,47)(H,41,45)(H,42,48)/t23-,29+,30-/m1/s1. The first-order valence-electron chi connectivity index (χ1n) is 16.4. The summed E-state index contributed by atoms with van der Waals surface area (Å²) in [5, 5.41) is 11.1. The van der Waals surface area contributed by atoms with Gasteiger partial charge < -0.3 is 31.2 Å². The molecule has 0 saturated heterocycles. The van der Waals surface area contributed by atoms with Crippen LogP contribution in [0.3, 0.4) is 0 Å². The fourth-order valence-electron chi connectivity index (χ4n) is 5.44. The lowest BCUT2D eigenvalue weighted by molar-refractivity contribution is -0.132. The number of halogens is 1. The number of aromatic amines is 1. The van der Waals surface area contributed by atoms with E-state index in [1.807, 2.05) is 44.2 Å². The molecule has 2 aromatic carbocycles. The molecule has 260 valence electrons. The molecule has 3 atom stereocenters. The van der Waals surface area contributed by atoms with Gasteiger partial charge in [0.05, 0.1) is 5.56 Å². The first-order chi connectivity index (χ1) is 23.4. The molecule has 1 aromatic heterocycles. The highest BCUT2D eigenvalue weighted by Crippen LogP contribution is 2.15.